The zero-order chi connectivity index (χ0) is 4.99. The Morgan fingerprint density at radius 3 is 1.57 bits per heavy atom. The largest absolute Gasteiger partial charge is 0.318 e. The smallest absolute Gasteiger partial charge is 0.314 e. The van der Waals surface area contributed by atoms with Gasteiger partial charge in [0.25, 0.3) is 0 Å². The van der Waals surface area contributed by atoms with Crippen molar-refractivity contribution >= 4 is 37.8 Å². The van der Waals surface area contributed by atoms with Crippen LogP contribution in [0.5, 0.6) is 0 Å². The van der Waals surface area contributed by atoms with Gasteiger partial charge in [-0.15, -0.1) is 0 Å². The molecule has 0 saturated heterocycles. The minimum absolute atomic E-state index is 0. The van der Waals surface area contributed by atoms with Crippen molar-refractivity contribution in [3.8, 4) is 0 Å². The van der Waals surface area contributed by atoms with Gasteiger partial charge < -0.3 is 9.05 Å². The molecule has 0 saturated carbocycles. The molecule has 0 atom stereocenters. The first-order valence-electron chi connectivity index (χ1n) is 1.43. The van der Waals surface area contributed by atoms with Crippen LogP contribution in [-0.4, -0.2) is 43.8 Å². The van der Waals surface area contributed by atoms with E-state index < -0.39 is 8.25 Å². The normalized spacial score (nSPS) is 8.43. The second-order valence-corrected chi connectivity index (χ2v) is 1.97. The van der Waals surface area contributed by atoms with Gasteiger partial charge in [-0.1, -0.05) is 0 Å². The molecule has 0 aliphatic heterocycles. The molecule has 0 heterocycles. The third-order valence-corrected chi connectivity index (χ3v) is 1.00. The molecule has 0 N–H and O–H groups in total. The molecule has 1 radical (unpaired) electrons. The fourth-order valence-electron chi connectivity index (χ4n) is 0.0833. The Hall–Kier alpha value is 1.15. The van der Waals surface area contributed by atoms with Crippen molar-refractivity contribution < 1.29 is 13.6 Å². The maximum atomic E-state index is 9.92. The maximum Gasteiger partial charge on any atom is 0.318 e. The van der Waals surface area contributed by atoms with Crippen LogP contribution in [0.2, 0.25) is 0 Å². The Morgan fingerprint density at radius 2 is 1.57 bits per heavy atom. The van der Waals surface area contributed by atoms with E-state index >= 15 is 0 Å². The van der Waals surface area contributed by atoms with Crippen molar-refractivity contribution in [1.82, 2.24) is 0 Å². The number of rotatable bonds is 2. The fraction of sp³-hybridized carbons (Fsp3) is 1.00. The molecule has 0 aromatic carbocycles. The zero-order valence-electron chi connectivity index (χ0n) is 4.72. The van der Waals surface area contributed by atoms with Gasteiger partial charge in [0.05, 0.1) is 0 Å². The predicted octanol–water partition coefficient (Wildman–Crippen LogP) is 0.288. The fourth-order valence-corrected chi connectivity index (χ4v) is 0.250. The van der Waals surface area contributed by atoms with Gasteiger partial charge in [-0.05, 0) is 0 Å². The van der Waals surface area contributed by atoms with E-state index in [0.29, 0.717) is 0 Å². The predicted molar refractivity (Wildman–Crippen MR) is 28.8 cm³/mol. The van der Waals surface area contributed by atoms with Crippen LogP contribution < -0.4 is 0 Å². The molecule has 39 valence electrons. The van der Waals surface area contributed by atoms with E-state index in [2.05, 4.69) is 9.05 Å². The van der Waals surface area contributed by atoms with Crippen LogP contribution in [0.4, 0.5) is 0 Å². The summed E-state index contributed by atoms with van der Waals surface area (Å²) in [6, 6.07) is 0. The topological polar surface area (TPSA) is 35.5 Å². The van der Waals surface area contributed by atoms with Crippen LogP contribution in [0, 0.1) is 0 Å². The van der Waals surface area contributed by atoms with E-state index in [1.165, 1.54) is 14.2 Å². The molecular formula is C2H7NaO3P. The molecular weight excluding hydrogens is 126 g/mol. The van der Waals surface area contributed by atoms with Crippen molar-refractivity contribution in [3.05, 3.63) is 0 Å². The molecule has 3 nitrogen and oxygen atoms in total. The maximum absolute atomic E-state index is 9.92. The Kier molecular flexibility index (Phi) is 11.3. The molecule has 0 aromatic heterocycles. The zero-order valence-corrected chi connectivity index (χ0v) is 7.72. The van der Waals surface area contributed by atoms with Crippen LogP contribution in [0.15, 0.2) is 0 Å². The molecule has 7 heavy (non-hydrogen) atoms. The third-order valence-electron chi connectivity index (χ3n) is 0.333. The second-order valence-electron chi connectivity index (χ2n) is 0.658. The Balaban J connectivity index is 0. The van der Waals surface area contributed by atoms with Gasteiger partial charge >= 0.3 is 8.25 Å². The number of hydrogen-bond donors (Lipinski definition) is 0. The minimum Gasteiger partial charge on any atom is -0.314 e. The summed E-state index contributed by atoms with van der Waals surface area (Å²) in [6.07, 6.45) is 0. The van der Waals surface area contributed by atoms with Crippen LogP contribution in [0.3, 0.4) is 0 Å². The van der Waals surface area contributed by atoms with E-state index in [9.17, 15) is 4.57 Å². The van der Waals surface area contributed by atoms with Crippen molar-refractivity contribution in [2.24, 2.45) is 0 Å². The first kappa shape index (κ1) is 11.0. The quantitative estimate of drug-likeness (QED) is 0.401. The van der Waals surface area contributed by atoms with Crippen molar-refractivity contribution in [2.45, 2.75) is 0 Å². The molecule has 5 heteroatoms. The molecule has 0 aromatic rings. The Bertz CT molecular complexity index is 50.9. The average Bonchev–Trinajstić information content (AvgIpc) is 1.65. The van der Waals surface area contributed by atoms with Crippen molar-refractivity contribution in [2.75, 3.05) is 14.2 Å². The summed E-state index contributed by atoms with van der Waals surface area (Å²) in [5.41, 5.74) is 0. The summed E-state index contributed by atoms with van der Waals surface area (Å²) < 4.78 is 18.4. The molecule has 0 amide bonds. The Morgan fingerprint density at radius 1 is 1.29 bits per heavy atom. The molecule has 0 aliphatic rings. The monoisotopic (exact) mass is 133 g/mol. The van der Waals surface area contributed by atoms with Crippen molar-refractivity contribution in [3.63, 3.8) is 0 Å². The van der Waals surface area contributed by atoms with E-state index in [4.69, 9.17) is 0 Å². The Labute approximate surface area is 65.6 Å². The summed E-state index contributed by atoms with van der Waals surface area (Å²) in [5.74, 6) is 0. The average molecular weight is 133 g/mol. The summed E-state index contributed by atoms with van der Waals surface area (Å²) >= 11 is 0. The van der Waals surface area contributed by atoms with E-state index in [0.717, 1.165) is 0 Å². The minimum atomic E-state index is -2.12. The number of hydrogen-bond acceptors (Lipinski definition) is 3. The standard InChI is InChI=1S/C2H7O3P.Na/c1-4-6(3)5-2;/h6H,1-2H3;. The van der Waals surface area contributed by atoms with E-state index in [1.54, 1.807) is 0 Å². The van der Waals surface area contributed by atoms with Gasteiger partial charge in [-0.3, -0.25) is 4.57 Å². The summed E-state index contributed by atoms with van der Waals surface area (Å²) in [6.45, 7) is 0. The molecule has 0 rings (SSSR count). The van der Waals surface area contributed by atoms with Gasteiger partial charge in [-0.25, -0.2) is 0 Å². The van der Waals surface area contributed by atoms with Gasteiger partial charge in [0, 0.05) is 43.8 Å². The second kappa shape index (κ2) is 7.15. The first-order valence-corrected chi connectivity index (χ1v) is 2.65. The van der Waals surface area contributed by atoms with Gasteiger partial charge in [0.2, 0.25) is 0 Å². The van der Waals surface area contributed by atoms with Gasteiger partial charge in [0.1, 0.15) is 0 Å². The molecule has 0 spiro atoms. The first-order chi connectivity index (χ1) is 2.81. The van der Waals surface area contributed by atoms with E-state index in [1.807, 2.05) is 0 Å². The summed E-state index contributed by atoms with van der Waals surface area (Å²) in [4.78, 5) is 0. The molecule has 0 fully saturated rings. The molecule has 0 bridgehead atoms. The SMILES string of the molecule is CO[PH](=O)OC.[Na]. The van der Waals surface area contributed by atoms with Crippen LogP contribution in [0.25, 0.3) is 0 Å². The summed E-state index contributed by atoms with van der Waals surface area (Å²) in [5, 5.41) is 0. The third kappa shape index (κ3) is 7.15. The van der Waals surface area contributed by atoms with Gasteiger partial charge in [-0.2, -0.15) is 0 Å². The van der Waals surface area contributed by atoms with Crippen LogP contribution >= 0.6 is 8.25 Å². The summed E-state index contributed by atoms with van der Waals surface area (Å²) in [7, 11) is 0.558. The van der Waals surface area contributed by atoms with E-state index in [-0.39, 0.29) is 29.6 Å². The van der Waals surface area contributed by atoms with Crippen LogP contribution in [0.1, 0.15) is 0 Å². The van der Waals surface area contributed by atoms with Gasteiger partial charge in [0.15, 0.2) is 0 Å². The molecule has 0 unspecified atom stereocenters. The van der Waals surface area contributed by atoms with Crippen molar-refractivity contribution in [1.29, 1.82) is 0 Å². The van der Waals surface area contributed by atoms with Crippen LogP contribution in [-0.2, 0) is 13.6 Å². The molecule has 0 aliphatic carbocycles.